The van der Waals surface area contributed by atoms with Crippen molar-refractivity contribution in [3.63, 3.8) is 0 Å². The number of aldehydes is 1. The van der Waals surface area contributed by atoms with Crippen molar-refractivity contribution in [3.8, 4) is 0 Å². The lowest BCUT2D eigenvalue weighted by atomic mass is 10.2. The highest BCUT2D eigenvalue weighted by Gasteiger charge is 2.05. The van der Waals surface area contributed by atoms with Crippen LogP contribution < -0.4 is 5.56 Å². The summed E-state index contributed by atoms with van der Waals surface area (Å²) >= 11 is 5.72. The third-order valence-corrected chi connectivity index (χ3v) is 2.03. The number of rotatable bonds is 3. The second kappa shape index (κ2) is 4.23. The Morgan fingerprint density at radius 1 is 1.62 bits per heavy atom. The summed E-state index contributed by atoms with van der Waals surface area (Å²) in [5, 5.41) is 0.224. The highest BCUT2D eigenvalue weighted by Crippen LogP contribution is 2.11. The van der Waals surface area contributed by atoms with Crippen molar-refractivity contribution in [2.75, 3.05) is 0 Å². The Morgan fingerprint density at radius 2 is 2.31 bits per heavy atom. The molecule has 4 heteroatoms. The predicted molar refractivity (Wildman–Crippen MR) is 51.5 cm³/mol. The third kappa shape index (κ3) is 2.18. The Hall–Kier alpha value is -1.09. The number of carbonyl (C=O) groups is 1. The Morgan fingerprint density at radius 3 is 2.77 bits per heavy atom. The molecule has 0 amide bonds. The second-order valence-electron chi connectivity index (χ2n) is 2.75. The summed E-state index contributed by atoms with van der Waals surface area (Å²) in [4.78, 5) is 24.2. The molecule has 1 N–H and O–H groups in total. The summed E-state index contributed by atoms with van der Waals surface area (Å²) in [6, 6.07) is 1.62. The van der Waals surface area contributed by atoms with E-state index in [1.54, 1.807) is 6.07 Å². The van der Waals surface area contributed by atoms with Gasteiger partial charge >= 0.3 is 0 Å². The van der Waals surface area contributed by atoms with Crippen LogP contribution in [0.5, 0.6) is 0 Å². The molecule has 0 unspecified atom stereocenters. The predicted octanol–water partition coefficient (Wildman–Crippen LogP) is 1.79. The van der Waals surface area contributed by atoms with Crippen molar-refractivity contribution >= 4 is 17.9 Å². The fourth-order valence-corrected chi connectivity index (χ4v) is 1.36. The average molecular weight is 200 g/mol. The van der Waals surface area contributed by atoms with E-state index in [2.05, 4.69) is 4.98 Å². The molecule has 0 atom stereocenters. The van der Waals surface area contributed by atoms with E-state index in [1.165, 1.54) is 0 Å². The van der Waals surface area contributed by atoms with Crippen LogP contribution in [0.4, 0.5) is 0 Å². The summed E-state index contributed by atoms with van der Waals surface area (Å²) in [6.45, 7) is 2.00. The zero-order chi connectivity index (χ0) is 9.84. The summed E-state index contributed by atoms with van der Waals surface area (Å²) < 4.78 is 0. The van der Waals surface area contributed by atoms with E-state index >= 15 is 0 Å². The number of pyridine rings is 1. The van der Waals surface area contributed by atoms with Gasteiger partial charge in [0.25, 0.3) is 5.56 Å². The van der Waals surface area contributed by atoms with Crippen LogP contribution in [-0.2, 0) is 6.42 Å². The molecule has 0 spiro atoms. The minimum absolute atomic E-state index is 0.00141. The number of H-pyrrole nitrogens is 1. The fourth-order valence-electron chi connectivity index (χ4n) is 1.10. The van der Waals surface area contributed by atoms with Gasteiger partial charge in [0.05, 0.1) is 10.6 Å². The van der Waals surface area contributed by atoms with Crippen LogP contribution in [0, 0.1) is 0 Å². The fraction of sp³-hybridized carbons (Fsp3) is 0.333. The number of aryl methyl sites for hydroxylation is 1. The molecule has 13 heavy (non-hydrogen) atoms. The van der Waals surface area contributed by atoms with Gasteiger partial charge in [0.1, 0.15) is 0 Å². The van der Waals surface area contributed by atoms with Crippen LogP contribution >= 0.6 is 11.6 Å². The molecular formula is C9H10ClNO2. The van der Waals surface area contributed by atoms with Crippen molar-refractivity contribution in [2.24, 2.45) is 0 Å². The minimum Gasteiger partial charge on any atom is -0.326 e. The van der Waals surface area contributed by atoms with Gasteiger partial charge in [-0.3, -0.25) is 9.59 Å². The molecule has 3 nitrogen and oxygen atoms in total. The Kier molecular flexibility index (Phi) is 3.25. The molecule has 0 fully saturated rings. The zero-order valence-corrected chi connectivity index (χ0v) is 8.02. The van der Waals surface area contributed by atoms with E-state index in [4.69, 9.17) is 11.6 Å². The number of hydrogen-bond acceptors (Lipinski definition) is 2. The number of carbonyl (C=O) groups excluding carboxylic acids is 1. The van der Waals surface area contributed by atoms with Crippen molar-refractivity contribution in [1.82, 2.24) is 4.98 Å². The Balaban J connectivity index is 3.20. The van der Waals surface area contributed by atoms with Crippen molar-refractivity contribution < 1.29 is 4.79 Å². The molecule has 1 aromatic heterocycles. The molecule has 0 aliphatic carbocycles. The van der Waals surface area contributed by atoms with E-state index in [1.807, 2.05) is 6.92 Å². The minimum atomic E-state index is -0.411. The summed E-state index contributed by atoms with van der Waals surface area (Å²) in [5.41, 5.74) is 0.357. The summed E-state index contributed by atoms with van der Waals surface area (Å²) in [7, 11) is 0. The van der Waals surface area contributed by atoms with E-state index < -0.39 is 5.56 Å². The Bertz CT molecular complexity index is 370. The van der Waals surface area contributed by atoms with Gasteiger partial charge in [-0.2, -0.15) is 0 Å². The SMILES string of the molecule is CCCc1cc(Cl)c(C=O)c(=O)[nH]1. The summed E-state index contributed by atoms with van der Waals surface area (Å²) in [5.74, 6) is 0. The van der Waals surface area contributed by atoms with Crippen LogP contribution in [-0.4, -0.2) is 11.3 Å². The number of aromatic nitrogens is 1. The lowest BCUT2D eigenvalue weighted by Gasteiger charge is -2.00. The van der Waals surface area contributed by atoms with Crippen LogP contribution in [0.2, 0.25) is 5.02 Å². The van der Waals surface area contributed by atoms with Crippen LogP contribution in [0.3, 0.4) is 0 Å². The largest absolute Gasteiger partial charge is 0.326 e. The maximum Gasteiger partial charge on any atom is 0.260 e. The number of nitrogens with one attached hydrogen (secondary N) is 1. The topological polar surface area (TPSA) is 49.9 Å². The lowest BCUT2D eigenvalue weighted by molar-refractivity contribution is 0.112. The number of aromatic amines is 1. The van der Waals surface area contributed by atoms with E-state index in [9.17, 15) is 9.59 Å². The average Bonchev–Trinajstić information content (AvgIpc) is 2.04. The molecule has 0 radical (unpaired) electrons. The second-order valence-corrected chi connectivity index (χ2v) is 3.16. The van der Waals surface area contributed by atoms with Gasteiger partial charge in [-0.25, -0.2) is 0 Å². The zero-order valence-electron chi connectivity index (χ0n) is 7.26. The first-order chi connectivity index (χ1) is 6.19. The van der Waals surface area contributed by atoms with Crippen LogP contribution in [0.25, 0.3) is 0 Å². The Labute approximate surface area is 80.7 Å². The van der Waals surface area contributed by atoms with Gasteiger partial charge in [0, 0.05) is 5.69 Å². The summed E-state index contributed by atoms with van der Waals surface area (Å²) in [6.07, 6.45) is 2.15. The molecule has 70 valence electrons. The molecule has 0 saturated heterocycles. The molecule has 0 aromatic carbocycles. The van der Waals surface area contributed by atoms with E-state index in [0.717, 1.165) is 18.5 Å². The van der Waals surface area contributed by atoms with Gasteiger partial charge in [0.15, 0.2) is 6.29 Å². The van der Waals surface area contributed by atoms with Gasteiger partial charge in [0.2, 0.25) is 0 Å². The highest BCUT2D eigenvalue weighted by atomic mass is 35.5. The molecule has 0 saturated carbocycles. The van der Waals surface area contributed by atoms with Gasteiger partial charge in [-0.05, 0) is 12.5 Å². The molecule has 1 rings (SSSR count). The number of hydrogen-bond donors (Lipinski definition) is 1. The van der Waals surface area contributed by atoms with Gasteiger partial charge < -0.3 is 4.98 Å². The molecule has 0 aliphatic heterocycles. The number of halogens is 1. The highest BCUT2D eigenvalue weighted by molar-refractivity contribution is 6.32. The first kappa shape index (κ1) is 9.99. The molecule has 1 aromatic rings. The molecular weight excluding hydrogens is 190 g/mol. The maximum absolute atomic E-state index is 11.2. The normalized spacial score (nSPS) is 10.0. The van der Waals surface area contributed by atoms with Crippen molar-refractivity contribution in [1.29, 1.82) is 0 Å². The van der Waals surface area contributed by atoms with Crippen LogP contribution in [0.15, 0.2) is 10.9 Å². The van der Waals surface area contributed by atoms with E-state index in [-0.39, 0.29) is 10.6 Å². The molecule has 0 aliphatic rings. The van der Waals surface area contributed by atoms with Gasteiger partial charge in [-0.15, -0.1) is 0 Å². The van der Waals surface area contributed by atoms with Crippen LogP contribution in [0.1, 0.15) is 29.4 Å². The van der Waals surface area contributed by atoms with Crippen molar-refractivity contribution in [2.45, 2.75) is 19.8 Å². The van der Waals surface area contributed by atoms with E-state index in [0.29, 0.717) is 6.29 Å². The maximum atomic E-state index is 11.2. The first-order valence-corrected chi connectivity index (χ1v) is 4.43. The quantitative estimate of drug-likeness (QED) is 0.755. The standard InChI is InChI=1S/C9H10ClNO2/c1-2-3-6-4-8(10)7(5-12)9(13)11-6/h4-5H,2-3H2,1H3,(H,11,13). The smallest absolute Gasteiger partial charge is 0.260 e. The first-order valence-electron chi connectivity index (χ1n) is 4.06. The van der Waals surface area contributed by atoms with Gasteiger partial charge in [-0.1, -0.05) is 24.9 Å². The third-order valence-electron chi connectivity index (χ3n) is 1.71. The monoisotopic (exact) mass is 199 g/mol. The molecule has 1 heterocycles. The van der Waals surface area contributed by atoms with Crippen molar-refractivity contribution in [3.05, 3.63) is 32.7 Å². The molecule has 0 bridgehead atoms. The lowest BCUT2D eigenvalue weighted by Crippen LogP contribution is -2.14.